The fourth-order valence-corrected chi connectivity index (χ4v) is 2.48. The van der Waals surface area contributed by atoms with Crippen molar-refractivity contribution in [3.8, 4) is 17.2 Å². The first-order chi connectivity index (χ1) is 12.0. The molecule has 0 heterocycles. The van der Waals surface area contributed by atoms with Crippen molar-refractivity contribution in [2.75, 3.05) is 20.8 Å². The maximum absolute atomic E-state index is 12.3. The minimum atomic E-state index is -0.498. The van der Waals surface area contributed by atoms with Gasteiger partial charge in [-0.05, 0) is 30.7 Å². The van der Waals surface area contributed by atoms with E-state index < -0.39 is 11.9 Å². The van der Waals surface area contributed by atoms with Gasteiger partial charge in [0.1, 0.15) is 17.2 Å². The highest BCUT2D eigenvalue weighted by molar-refractivity contribution is 6.04. The number of ether oxygens (including phenoxy) is 4. The lowest BCUT2D eigenvalue weighted by molar-refractivity contribution is -0.131. The summed E-state index contributed by atoms with van der Waals surface area (Å²) >= 11 is 0. The molecule has 6 nitrogen and oxygen atoms in total. The molecule has 0 spiro atoms. The SMILES string of the molecule is CCCCOC(=O)c1cc(OC(C)=O)c2c(OC)ccc(OC)c2c1. The Kier molecular flexibility index (Phi) is 6.22. The number of benzene rings is 2. The lowest BCUT2D eigenvalue weighted by Gasteiger charge is -2.15. The Hall–Kier alpha value is -2.76. The van der Waals surface area contributed by atoms with E-state index in [0.717, 1.165) is 12.8 Å². The van der Waals surface area contributed by atoms with Crippen molar-refractivity contribution in [1.82, 2.24) is 0 Å². The predicted octanol–water partition coefficient (Wildman–Crippen LogP) is 3.74. The highest BCUT2D eigenvalue weighted by atomic mass is 16.5. The molecule has 6 heteroatoms. The molecule has 2 aromatic rings. The first-order valence-corrected chi connectivity index (χ1v) is 8.06. The van der Waals surface area contributed by atoms with Crippen molar-refractivity contribution < 1.29 is 28.5 Å². The number of methoxy groups -OCH3 is 2. The third kappa shape index (κ3) is 4.21. The zero-order valence-electron chi connectivity index (χ0n) is 14.9. The van der Waals surface area contributed by atoms with E-state index >= 15 is 0 Å². The van der Waals surface area contributed by atoms with E-state index in [1.165, 1.54) is 27.2 Å². The molecule has 0 aliphatic rings. The molecule has 2 rings (SSSR count). The number of carbonyl (C=O) groups excluding carboxylic acids is 2. The number of hydrogen-bond acceptors (Lipinski definition) is 6. The molecule has 134 valence electrons. The summed E-state index contributed by atoms with van der Waals surface area (Å²) in [5.41, 5.74) is 0.284. The number of carbonyl (C=O) groups is 2. The second-order valence-corrected chi connectivity index (χ2v) is 5.45. The van der Waals surface area contributed by atoms with E-state index in [9.17, 15) is 9.59 Å². The van der Waals surface area contributed by atoms with Crippen molar-refractivity contribution in [2.45, 2.75) is 26.7 Å². The summed E-state index contributed by atoms with van der Waals surface area (Å²) in [5.74, 6) is 0.296. The van der Waals surface area contributed by atoms with Crippen molar-refractivity contribution >= 4 is 22.7 Å². The van der Waals surface area contributed by atoms with Crippen LogP contribution in [0.4, 0.5) is 0 Å². The Labute approximate surface area is 146 Å². The quantitative estimate of drug-likeness (QED) is 0.432. The van der Waals surface area contributed by atoms with Crippen LogP contribution in [0.2, 0.25) is 0 Å². The van der Waals surface area contributed by atoms with Gasteiger partial charge in [0.25, 0.3) is 0 Å². The molecule has 0 saturated heterocycles. The first kappa shape index (κ1) is 18.6. The van der Waals surface area contributed by atoms with Crippen LogP contribution < -0.4 is 14.2 Å². The summed E-state index contributed by atoms with van der Waals surface area (Å²) in [7, 11) is 3.05. The molecule has 0 aliphatic heterocycles. The number of unbranched alkanes of at least 4 members (excludes halogenated alkanes) is 1. The van der Waals surface area contributed by atoms with Gasteiger partial charge in [0.05, 0.1) is 31.8 Å². The largest absolute Gasteiger partial charge is 0.496 e. The van der Waals surface area contributed by atoms with Gasteiger partial charge in [-0.15, -0.1) is 0 Å². The summed E-state index contributed by atoms with van der Waals surface area (Å²) in [6, 6.07) is 6.58. The smallest absolute Gasteiger partial charge is 0.338 e. The van der Waals surface area contributed by atoms with Crippen molar-refractivity contribution in [2.24, 2.45) is 0 Å². The average Bonchev–Trinajstić information content (AvgIpc) is 2.60. The topological polar surface area (TPSA) is 71.1 Å². The number of fused-ring (bicyclic) bond motifs is 1. The second-order valence-electron chi connectivity index (χ2n) is 5.45. The normalized spacial score (nSPS) is 10.4. The van der Waals surface area contributed by atoms with Crippen LogP contribution in [0.25, 0.3) is 10.8 Å². The molecular formula is C19H22O6. The third-order valence-corrected chi connectivity index (χ3v) is 3.66. The Bertz CT molecular complexity index is 781. The first-order valence-electron chi connectivity index (χ1n) is 8.06. The van der Waals surface area contributed by atoms with Gasteiger partial charge in [-0.1, -0.05) is 13.3 Å². The minimum absolute atomic E-state index is 0.225. The lowest BCUT2D eigenvalue weighted by atomic mass is 10.0. The van der Waals surface area contributed by atoms with Crippen LogP contribution in [-0.2, 0) is 9.53 Å². The van der Waals surface area contributed by atoms with Gasteiger partial charge < -0.3 is 18.9 Å². The Balaban J connectivity index is 2.61. The number of hydrogen-bond donors (Lipinski definition) is 0. The van der Waals surface area contributed by atoms with Gasteiger partial charge >= 0.3 is 11.9 Å². The highest BCUT2D eigenvalue weighted by Gasteiger charge is 2.19. The molecule has 0 saturated carbocycles. The summed E-state index contributed by atoms with van der Waals surface area (Å²) in [6.45, 7) is 3.65. The standard InChI is InChI=1S/C19H22O6/c1-5-6-9-24-19(21)13-10-14-15(22-3)7-8-16(23-4)18(14)17(11-13)25-12(2)20/h7-8,10-11H,5-6,9H2,1-4H3. The van der Waals surface area contributed by atoms with Gasteiger partial charge in [0.15, 0.2) is 0 Å². The molecular weight excluding hydrogens is 324 g/mol. The molecule has 2 aromatic carbocycles. The van der Waals surface area contributed by atoms with Crippen molar-refractivity contribution in [3.63, 3.8) is 0 Å². The van der Waals surface area contributed by atoms with Crippen LogP contribution in [0.15, 0.2) is 24.3 Å². The predicted molar refractivity (Wildman–Crippen MR) is 93.6 cm³/mol. The summed E-state index contributed by atoms with van der Waals surface area (Å²) in [5, 5.41) is 1.16. The van der Waals surface area contributed by atoms with E-state index in [-0.39, 0.29) is 11.3 Å². The van der Waals surface area contributed by atoms with Crippen LogP contribution in [0.5, 0.6) is 17.2 Å². The summed E-state index contributed by atoms with van der Waals surface area (Å²) in [6.07, 6.45) is 1.71. The zero-order valence-corrected chi connectivity index (χ0v) is 14.9. The lowest BCUT2D eigenvalue weighted by Crippen LogP contribution is -2.09. The Morgan fingerprint density at radius 1 is 1.00 bits per heavy atom. The minimum Gasteiger partial charge on any atom is -0.496 e. The summed E-state index contributed by atoms with van der Waals surface area (Å²) < 4.78 is 21.3. The molecule has 0 atom stereocenters. The van der Waals surface area contributed by atoms with Crippen LogP contribution in [0.1, 0.15) is 37.0 Å². The Morgan fingerprint density at radius 3 is 2.28 bits per heavy atom. The maximum Gasteiger partial charge on any atom is 0.338 e. The van der Waals surface area contributed by atoms with E-state index in [0.29, 0.717) is 28.9 Å². The van der Waals surface area contributed by atoms with Gasteiger partial charge in [0, 0.05) is 12.3 Å². The van der Waals surface area contributed by atoms with Crippen LogP contribution in [0, 0.1) is 0 Å². The van der Waals surface area contributed by atoms with Gasteiger partial charge in [-0.25, -0.2) is 4.79 Å². The molecule has 0 bridgehead atoms. The van der Waals surface area contributed by atoms with E-state index in [2.05, 4.69) is 0 Å². The molecule has 25 heavy (non-hydrogen) atoms. The molecule has 0 aliphatic carbocycles. The molecule has 0 radical (unpaired) electrons. The van der Waals surface area contributed by atoms with Gasteiger partial charge in [0.2, 0.25) is 0 Å². The Morgan fingerprint density at radius 2 is 1.68 bits per heavy atom. The molecule has 0 fully saturated rings. The second kappa shape index (κ2) is 8.37. The third-order valence-electron chi connectivity index (χ3n) is 3.66. The number of rotatable bonds is 7. The van der Waals surface area contributed by atoms with Crippen LogP contribution in [0.3, 0.4) is 0 Å². The molecule has 0 unspecified atom stereocenters. The van der Waals surface area contributed by atoms with Crippen LogP contribution in [-0.4, -0.2) is 32.8 Å². The monoisotopic (exact) mass is 346 g/mol. The molecule has 0 amide bonds. The average molecular weight is 346 g/mol. The van der Waals surface area contributed by atoms with Crippen LogP contribution >= 0.6 is 0 Å². The van der Waals surface area contributed by atoms with E-state index in [1.807, 2.05) is 6.92 Å². The highest BCUT2D eigenvalue weighted by Crippen LogP contribution is 2.40. The fourth-order valence-electron chi connectivity index (χ4n) is 2.48. The van der Waals surface area contributed by atoms with Gasteiger partial charge in [-0.3, -0.25) is 4.79 Å². The van der Waals surface area contributed by atoms with Crippen molar-refractivity contribution in [1.29, 1.82) is 0 Å². The summed E-state index contributed by atoms with van der Waals surface area (Å²) in [4.78, 5) is 23.8. The number of esters is 2. The van der Waals surface area contributed by atoms with Gasteiger partial charge in [-0.2, -0.15) is 0 Å². The zero-order chi connectivity index (χ0) is 18.4. The van der Waals surface area contributed by atoms with E-state index in [1.54, 1.807) is 18.2 Å². The maximum atomic E-state index is 12.3. The molecule has 0 aromatic heterocycles. The molecule has 0 N–H and O–H groups in total. The fraction of sp³-hybridized carbons (Fsp3) is 0.368. The van der Waals surface area contributed by atoms with E-state index in [4.69, 9.17) is 18.9 Å². The van der Waals surface area contributed by atoms with Crippen molar-refractivity contribution in [3.05, 3.63) is 29.8 Å².